The Hall–Kier alpha value is -1.02. The Kier molecular flexibility index (Phi) is 6.93. The first-order valence-corrected chi connectivity index (χ1v) is 7.56. The van der Waals surface area contributed by atoms with Crippen molar-refractivity contribution in [3.63, 3.8) is 0 Å². The standard InChI is InChI=1S/C16H24ClNO/c1-4-6-13(3)16(19)18-15-8-5-7-14(10-15)9-12(2)11-17/h5,7-8,10,12-13H,4,6,9,11H2,1-3H3,(H,18,19)/t12-,13?/m1/s1. The number of halogens is 1. The van der Waals surface area contributed by atoms with Gasteiger partial charge in [-0.25, -0.2) is 0 Å². The van der Waals surface area contributed by atoms with Crippen molar-refractivity contribution < 1.29 is 4.79 Å². The van der Waals surface area contributed by atoms with E-state index in [0.29, 0.717) is 11.8 Å². The third-order valence-corrected chi connectivity index (χ3v) is 3.74. The van der Waals surface area contributed by atoms with Crippen LogP contribution in [0.5, 0.6) is 0 Å². The van der Waals surface area contributed by atoms with Crippen LogP contribution in [-0.4, -0.2) is 11.8 Å². The number of hydrogen-bond donors (Lipinski definition) is 1. The number of carbonyl (C=O) groups excluding carboxylic acids is 1. The van der Waals surface area contributed by atoms with E-state index in [1.807, 2.05) is 25.1 Å². The summed E-state index contributed by atoms with van der Waals surface area (Å²) in [6, 6.07) is 8.04. The molecule has 0 fully saturated rings. The molecule has 0 radical (unpaired) electrons. The Morgan fingerprint density at radius 1 is 1.37 bits per heavy atom. The van der Waals surface area contributed by atoms with Gasteiger partial charge < -0.3 is 5.32 Å². The van der Waals surface area contributed by atoms with Crippen molar-refractivity contribution in [3.8, 4) is 0 Å². The third kappa shape index (κ3) is 5.65. The lowest BCUT2D eigenvalue weighted by atomic mass is 10.0. The SMILES string of the molecule is CCCC(C)C(=O)Nc1cccc(C[C@@H](C)CCl)c1. The lowest BCUT2D eigenvalue weighted by Gasteiger charge is -2.13. The van der Waals surface area contributed by atoms with Crippen molar-refractivity contribution >= 4 is 23.2 Å². The number of benzene rings is 1. The van der Waals surface area contributed by atoms with Crippen LogP contribution in [0.2, 0.25) is 0 Å². The molecule has 0 spiro atoms. The summed E-state index contributed by atoms with van der Waals surface area (Å²) in [5, 5.41) is 2.99. The van der Waals surface area contributed by atoms with Crippen LogP contribution < -0.4 is 5.32 Å². The predicted octanol–water partition coefficient (Wildman–Crippen LogP) is 4.48. The van der Waals surface area contributed by atoms with Gasteiger partial charge in [0.1, 0.15) is 0 Å². The number of anilines is 1. The summed E-state index contributed by atoms with van der Waals surface area (Å²) in [7, 11) is 0. The summed E-state index contributed by atoms with van der Waals surface area (Å²) < 4.78 is 0. The van der Waals surface area contributed by atoms with Gasteiger partial charge >= 0.3 is 0 Å². The quantitative estimate of drug-likeness (QED) is 0.734. The predicted molar refractivity (Wildman–Crippen MR) is 82.7 cm³/mol. The molecule has 0 aliphatic rings. The van der Waals surface area contributed by atoms with Crippen molar-refractivity contribution in [1.29, 1.82) is 0 Å². The van der Waals surface area contributed by atoms with E-state index in [-0.39, 0.29) is 11.8 Å². The second-order valence-electron chi connectivity index (χ2n) is 5.34. The Morgan fingerprint density at radius 2 is 2.11 bits per heavy atom. The van der Waals surface area contributed by atoms with Crippen molar-refractivity contribution in [1.82, 2.24) is 0 Å². The molecular formula is C16H24ClNO. The van der Waals surface area contributed by atoms with Crippen LogP contribution in [0.1, 0.15) is 39.2 Å². The van der Waals surface area contributed by atoms with Gasteiger partial charge in [0, 0.05) is 17.5 Å². The largest absolute Gasteiger partial charge is 0.326 e. The van der Waals surface area contributed by atoms with Crippen LogP contribution in [0.25, 0.3) is 0 Å². The van der Waals surface area contributed by atoms with E-state index in [0.717, 1.165) is 24.9 Å². The minimum atomic E-state index is 0.0652. The maximum absolute atomic E-state index is 12.0. The van der Waals surface area contributed by atoms with Crippen LogP contribution >= 0.6 is 11.6 Å². The molecule has 0 aliphatic heterocycles. The Labute approximate surface area is 121 Å². The molecule has 0 saturated carbocycles. The monoisotopic (exact) mass is 281 g/mol. The highest BCUT2D eigenvalue weighted by atomic mass is 35.5. The highest BCUT2D eigenvalue weighted by Gasteiger charge is 2.12. The van der Waals surface area contributed by atoms with Gasteiger partial charge in [-0.3, -0.25) is 4.79 Å². The van der Waals surface area contributed by atoms with Crippen LogP contribution in [0.4, 0.5) is 5.69 Å². The number of rotatable bonds is 7. The molecule has 106 valence electrons. The maximum atomic E-state index is 12.0. The van der Waals surface area contributed by atoms with Crippen molar-refractivity contribution in [2.45, 2.75) is 40.0 Å². The number of amides is 1. The van der Waals surface area contributed by atoms with E-state index in [9.17, 15) is 4.79 Å². The van der Waals surface area contributed by atoms with Crippen LogP contribution in [0, 0.1) is 11.8 Å². The fourth-order valence-corrected chi connectivity index (χ4v) is 2.17. The molecule has 1 aromatic carbocycles. The van der Waals surface area contributed by atoms with Gasteiger partial charge in [-0.1, -0.05) is 39.3 Å². The number of nitrogens with one attached hydrogen (secondary N) is 1. The molecule has 1 unspecified atom stereocenters. The van der Waals surface area contributed by atoms with Crippen LogP contribution in [0.3, 0.4) is 0 Å². The second-order valence-corrected chi connectivity index (χ2v) is 5.65. The van der Waals surface area contributed by atoms with Gasteiger partial charge in [0.2, 0.25) is 5.91 Å². The molecule has 0 saturated heterocycles. The average molecular weight is 282 g/mol. The van der Waals surface area contributed by atoms with Gasteiger partial charge in [-0.2, -0.15) is 0 Å². The number of carbonyl (C=O) groups is 1. The van der Waals surface area contributed by atoms with Crippen LogP contribution in [-0.2, 0) is 11.2 Å². The summed E-state index contributed by atoms with van der Waals surface area (Å²) in [6.45, 7) is 6.19. The summed E-state index contributed by atoms with van der Waals surface area (Å²) in [5.41, 5.74) is 2.10. The minimum Gasteiger partial charge on any atom is -0.326 e. The molecule has 19 heavy (non-hydrogen) atoms. The topological polar surface area (TPSA) is 29.1 Å². The summed E-state index contributed by atoms with van der Waals surface area (Å²) in [4.78, 5) is 12.0. The lowest BCUT2D eigenvalue weighted by Crippen LogP contribution is -2.20. The molecule has 0 aromatic heterocycles. The molecule has 3 heteroatoms. The molecule has 2 atom stereocenters. The molecular weight excluding hydrogens is 258 g/mol. The molecule has 1 aromatic rings. The molecule has 2 nitrogen and oxygen atoms in total. The molecule has 0 bridgehead atoms. The summed E-state index contributed by atoms with van der Waals surface area (Å²) in [6.07, 6.45) is 2.90. The van der Waals surface area contributed by atoms with Crippen LogP contribution in [0.15, 0.2) is 24.3 Å². The fourth-order valence-electron chi connectivity index (χ4n) is 2.06. The van der Waals surface area contributed by atoms with E-state index < -0.39 is 0 Å². The van der Waals surface area contributed by atoms with E-state index in [4.69, 9.17) is 11.6 Å². The first kappa shape index (κ1) is 16.0. The number of alkyl halides is 1. The van der Waals surface area contributed by atoms with E-state index >= 15 is 0 Å². The zero-order chi connectivity index (χ0) is 14.3. The first-order valence-electron chi connectivity index (χ1n) is 7.02. The maximum Gasteiger partial charge on any atom is 0.227 e. The molecule has 0 heterocycles. The van der Waals surface area contributed by atoms with Gasteiger partial charge in [-0.05, 0) is 36.5 Å². The van der Waals surface area contributed by atoms with Gasteiger partial charge in [0.25, 0.3) is 0 Å². The van der Waals surface area contributed by atoms with Gasteiger partial charge in [0.05, 0.1) is 0 Å². The first-order chi connectivity index (χ1) is 9.06. The molecule has 1 rings (SSSR count). The smallest absolute Gasteiger partial charge is 0.227 e. The summed E-state index contributed by atoms with van der Waals surface area (Å²) >= 11 is 5.83. The van der Waals surface area contributed by atoms with Crippen molar-refractivity contribution in [2.75, 3.05) is 11.2 Å². The Bertz CT molecular complexity index is 405. The number of hydrogen-bond acceptors (Lipinski definition) is 1. The molecule has 0 aliphatic carbocycles. The summed E-state index contributed by atoms with van der Waals surface area (Å²) in [5.74, 6) is 1.27. The Balaban J connectivity index is 2.64. The molecule has 1 amide bonds. The normalized spacial score (nSPS) is 13.9. The average Bonchev–Trinajstić information content (AvgIpc) is 2.39. The highest BCUT2D eigenvalue weighted by molar-refractivity contribution is 6.18. The van der Waals surface area contributed by atoms with Gasteiger partial charge in [-0.15, -0.1) is 11.6 Å². The van der Waals surface area contributed by atoms with Gasteiger partial charge in [0.15, 0.2) is 0 Å². The zero-order valence-corrected chi connectivity index (χ0v) is 12.8. The van der Waals surface area contributed by atoms with E-state index in [1.54, 1.807) is 0 Å². The van der Waals surface area contributed by atoms with Crippen molar-refractivity contribution in [3.05, 3.63) is 29.8 Å². The molecule has 1 N–H and O–H groups in total. The fraction of sp³-hybridized carbons (Fsp3) is 0.562. The zero-order valence-electron chi connectivity index (χ0n) is 12.1. The second kappa shape index (κ2) is 8.21. The van der Waals surface area contributed by atoms with Crippen molar-refractivity contribution in [2.24, 2.45) is 11.8 Å². The highest BCUT2D eigenvalue weighted by Crippen LogP contribution is 2.16. The third-order valence-electron chi connectivity index (χ3n) is 3.21. The Morgan fingerprint density at radius 3 is 2.74 bits per heavy atom. The van der Waals surface area contributed by atoms with E-state index in [1.165, 1.54) is 5.56 Å². The minimum absolute atomic E-state index is 0.0652. The van der Waals surface area contributed by atoms with E-state index in [2.05, 4.69) is 25.2 Å². The lowest BCUT2D eigenvalue weighted by molar-refractivity contribution is -0.119.